The number of hydrogen-bond donors (Lipinski definition) is 0. The minimum absolute atomic E-state index is 0.106. The Morgan fingerprint density at radius 3 is 2.80 bits per heavy atom. The number of nitrogens with zero attached hydrogens (tertiary/aromatic N) is 2. The highest BCUT2D eigenvalue weighted by Gasteiger charge is 2.18. The third-order valence-corrected chi connectivity index (χ3v) is 2.12. The van der Waals surface area contributed by atoms with Crippen molar-refractivity contribution >= 4 is 23.4 Å². The van der Waals surface area contributed by atoms with E-state index in [1.54, 1.807) is 6.92 Å². The molecule has 0 radical (unpaired) electrons. The fraction of sp³-hybridized carbons (Fsp3) is 0.222. The first kappa shape index (κ1) is 11.4. The number of aliphatic imine (C=N–C) groups is 1. The van der Waals surface area contributed by atoms with Crippen molar-refractivity contribution in [1.82, 2.24) is 0 Å². The molecule has 0 saturated carbocycles. The van der Waals surface area contributed by atoms with Gasteiger partial charge in [0.05, 0.1) is 16.5 Å². The van der Waals surface area contributed by atoms with Gasteiger partial charge in [-0.3, -0.25) is 10.1 Å². The van der Waals surface area contributed by atoms with Gasteiger partial charge in [0.2, 0.25) is 6.08 Å². The van der Waals surface area contributed by atoms with Crippen LogP contribution in [0.15, 0.2) is 23.2 Å². The Hall–Kier alpha value is -1.71. The van der Waals surface area contributed by atoms with Gasteiger partial charge >= 0.3 is 0 Å². The molecule has 15 heavy (non-hydrogen) atoms. The molecule has 1 rings (SSSR count). The van der Waals surface area contributed by atoms with Gasteiger partial charge in [-0.25, -0.2) is 4.79 Å². The number of rotatable bonds is 3. The van der Waals surface area contributed by atoms with Crippen LogP contribution in [-0.2, 0) is 4.79 Å². The first-order chi connectivity index (χ1) is 7.06. The van der Waals surface area contributed by atoms with E-state index in [2.05, 4.69) is 4.99 Å². The van der Waals surface area contributed by atoms with Crippen molar-refractivity contribution in [2.75, 3.05) is 0 Å². The largest absolute Gasteiger partial charge is 0.274 e. The summed E-state index contributed by atoms with van der Waals surface area (Å²) in [5.74, 6) is 0. The second-order valence-corrected chi connectivity index (χ2v) is 3.29. The van der Waals surface area contributed by atoms with E-state index in [1.165, 1.54) is 24.3 Å². The van der Waals surface area contributed by atoms with E-state index in [0.717, 1.165) is 0 Å². The molecule has 5 nitrogen and oxygen atoms in total. The van der Waals surface area contributed by atoms with E-state index < -0.39 is 11.0 Å². The summed E-state index contributed by atoms with van der Waals surface area (Å²) in [5.41, 5.74) is 0.196. The van der Waals surface area contributed by atoms with Crippen molar-refractivity contribution in [3.05, 3.63) is 38.9 Å². The molecule has 0 amide bonds. The second kappa shape index (κ2) is 4.68. The van der Waals surface area contributed by atoms with Crippen LogP contribution in [0.1, 0.15) is 18.5 Å². The molecular weight excluding hydrogens is 220 g/mol. The molecule has 0 aliphatic heterocycles. The zero-order chi connectivity index (χ0) is 11.4. The smallest absolute Gasteiger partial charge is 0.258 e. The average molecular weight is 227 g/mol. The zero-order valence-electron chi connectivity index (χ0n) is 7.81. The molecule has 0 aliphatic carbocycles. The third kappa shape index (κ3) is 2.62. The van der Waals surface area contributed by atoms with Crippen molar-refractivity contribution in [2.24, 2.45) is 4.99 Å². The highest BCUT2D eigenvalue weighted by Crippen LogP contribution is 2.29. The summed E-state index contributed by atoms with van der Waals surface area (Å²) in [4.78, 5) is 23.6. The predicted molar refractivity (Wildman–Crippen MR) is 54.6 cm³/mol. The van der Waals surface area contributed by atoms with Crippen LogP contribution in [0.2, 0.25) is 5.02 Å². The molecule has 6 heteroatoms. The lowest BCUT2D eigenvalue weighted by molar-refractivity contribution is -0.385. The molecule has 1 atom stereocenters. The van der Waals surface area contributed by atoms with E-state index >= 15 is 0 Å². The fourth-order valence-electron chi connectivity index (χ4n) is 1.17. The quantitative estimate of drug-likeness (QED) is 0.344. The highest BCUT2D eigenvalue weighted by molar-refractivity contribution is 6.30. The number of halogens is 1. The second-order valence-electron chi connectivity index (χ2n) is 2.86. The minimum Gasteiger partial charge on any atom is -0.258 e. The Morgan fingerprint density at radius 2 is 2.27 bits per heavy atom. The van der Waals surface area contributed by atoms with Crippen molar-refractivity contribution in [2.45, 2.75) is 13.0 Å². The summed E-state index contributed by atoms with van der Waals surface area (Å²) in [6.07, 6.45) is 1.36. The SMILES string of the molecule is CC(N=C=O)c1cc(Cl)ccc1[N+](=O)[O-]. The number of nitro benzene ring substituents is 1. The standard InChI is InChI=1S/C9H7ClN2O3/c1-6(11-5-13)8-4-7(10)2-3-9(8)12(14)15/h2-4,6H,1H3. The number of hydrogen-bond acceptors (Lipinski definition) is 4. The van der Waals surface area contributed by atoms with Gasteiger partial charge in [-0.15, -0.1) is 0 Å². The summed E-state index contributed by atoms with van der Waals surface area (Å²) in [7, 11) is 0. The normalized spacial score (nSPS) is 11.6. The maximum Gasteiger partial charge on any atom is 0.274 e. The average Bonchev–Trinajstić information content (AvgIpc) is 2.17. The summed E-state index contributed by atoms with van der Waals surface area (Å²) < 4.78 is 0. The van der Waals surface area contributed by atoms with Gasteiger partial charge in [-0.2, -0.15) is 4.99 Å². The Bertz CT molecular complexity index is 441. The molecule has 78 valence electrons. The van der Waals surface area contributed by atoms with Gasteiger partial charge in [0.1, 0.15) is 0 Å². The highest BCUT2D eigenvalue weighted by atomic mass is 35.5. The first-order valence-corrected chi connectivity index (χ1v) is 4.45. The number of benzene rings is 1. The summed E-state index contributed by atoms with van der Waals surface area (Å²) in [6.45, 7) is 1.56. The number of carbonyl (C=O) groups excluding carboxylic acids is 1. The molecule has 0 aromatic heterocycles. The van der Waals surface area contributed by atoms with Crippen LogP contribution in [0, 0.1) is 10.1 Å². The van der Waals surface area contributed by atoms with Crippen LogP contribution in [-0.4, -0.2) is 11.0 Å². The van der Waals surface area contributed by atoms with Crippen molar-refractivity contribution < 1.29 is 9.72 Å². The molecular formula is C9H7ClN2O3. The lowest BCUT2D eigenvalue weighted by Crippen LogP contribution is -1.97. The maximum absolute atomic E-state index is 10.7. The fourth-order valence-corrected chi connectivity index (χ4v) is 1.36. The van der Waals surface area contributed by atoms with Crippen molar-refractivity contribution in [3.63, 3.8) is 0 Å². The van der Waals surface area contributed by atoms with E-state index in [-0.39, 0.29) is 5.69 Å². The van der Waals surface area contributed by atoms with Crippen LogP contribution < -0.4 is 0 Å². The van der Waals surface area contributed by atoms with Gasteiger partial charge in [-0.1, -0.05) is 11.6 Å². The molecule has 0 fully saturated rings. The third-order valence-electron chi connectivity index (χ3n) is 1.88. The van der Waals surface area contributed by atoms with Crippen LogP contribution in [0.5, 0.6) is 0 Å². The van der Waals surface area contributed by atoms with Crippen LogP contribution >= 0.6 is 11.6 Å². The molecule has 0 aliphatic rings. The van der Waals surface area contributed by atoms with Gasteiger partial charge in [0.15, 0.2) is 0 Å². The molecule has 0 bridgehead atoms. The summed E-state index contributed by atoms with van der Waals surface area (Å²) in [6, 6.07) is 3.50. The molecule has 1 aromatic carbocycles. The van der Waals surface area contributed by atoms with E-state index in [4.69, 9.17) is 11.6 Å². The lowest BCUT2D eigenvalue weighted by Gasteiger charge is -2.05. The lowest BCUT2D eigenvalue weighted by atomic mass is 10.1. The molecule has 0 spiro atoms. The van der Waals surface area contributed by atoms with Crippen molar-refractivity contribution in [3.8, 4) is 0 Å². The van der Waals surface area contributed by atoms with E-state index in [1.807, 2.05) is 0 Å². The topological polar surface area (TPSA) is 72.6 Å². The Morgan fingerprint density at radius 1 is 1.60 bits per heavy atom. The van der Waals surface area contributed by atoms with Crippen molar-refractivity contribution in [1.29, 1.82) is 0 Å². The molecule has 0 N–H and O–H groups in total. The summed E-state index contributed by atoms with van der Waals surface area (Å²) in [5, 5.41) is 11.0. The maximum atomic E-state index is 10.7. The molecule has 1 aromatic rings. The first-order valence-electron chi connectivity index (χ1n) is 4.07. The number of isocyanates is 1. The molecule has 0 saturated heterocycles. The van der Waals surface area contributed by atoms with Gasteiger partial charge in [-0.05, 0) is 19.1 Å². The van der Waals surface area contributed by atoms with Gasteiger partial charge < -0.3 is 0 Å². The number of nitro groups is 1. The summed E-state index contributed by atoms with van der Waals surface area (Å²) >= 11 is 5.70. The molecule has 1 unspecified atom stereocenters. The van der Waals surface area contributed by atoms with Gasteiger partial charge in [0, 0.05) is 11.1 Å². The Labute approximate surface area is 90.5 Å². The minimum atomic E-state index is -0.624. The predicted octanol–water partition coefficient (Wildman–Crippen LogP) is 2.65. The van der Waals surface area contributed by atoms with Crippen LogP contribution in [0.4, 0.5) is 5.69 Å². The van der Waals surface area contributed by atoms with Gasteiger partial charge in [0.25, 0.3) is 5.69 Å². The Balaban J connectivity index is 3.29. The van der Waals surface area contributed by atoms with Crippen LogP contribution in [0.25, 0.3) is 0 Å². The van der Waals surface area contributed by atoms with E-state index in [9.17, 15) is 14.9 Å². The van der Waals surface area contributed by atoms with Crippen LogP contribution in [0.3, 0.4) is 0 Å². The monoisotopic (exact) mass is 226 g/mol. The zero-order valence-corrected chi connectivity index (χ0v) is 8.56. The van der Waals surface area contributed by atoms with E-state index in [0.29, 0.717) is 10.6 Å². The molecule has 0 heterocycles. The Kier molecular flexibility index (Phi) is 3.55.